The molecule has 0 saturated heterocycles. The molecule has 2 aromatic carbocycles. The van der Waals surface area contributed by atoms with E-state index in [4.69, 9.17) is 9.84 Å². The average molecular weight is 423 g/mol. The molecule has 0 unspecified atom stereocenters. The minimum atomic E-state index is -1.18. The summed E-state index contributed by atoms with van der Waals surface area (Å²) >= 11 is 0. The van der Waals surface area contributed by atoms with Gasteiger partial charge in [-0.05, 0) is 42.3 Å². The molecule has 0 aliphatic carbocycles. The van der Waals surface area contributed by atoms with E-state index in [2.05, 4.69) is 10.3 Å². The summed E-state index contributed by atoms with van der Waals surface area (Å²) in [5, 5.41) is 11.6. The standard InChI is InChI=1S/C22H21N3O6/c1-13-10-15(20(28)23-12-14-5-7-16(31-2)8-6-14)11-17-19(13)24-22(30)25(21(17)29)9-3-4-18(26)27/h3-8,10-11H,9,12H2,1-2H3,(H,23,28)(H,24,30)(H,26,27). The fourth-order valence-corrected chi connectivity index (χ4v) is 3.12. The Kier molecular flexibility index (Phi) is 6.35. The molecular formula is C22H21N3O6. The van der Waals surface area contributed by atoms with Crippen molar-refractivity contribution < 1.29 is 19.4 Å². The van der Waals surface area contributed by atoms with Gasteiger partial charge in [-0.3, -0.25) is 14.2 Å². The number of aromatic nitrogens is 2. The van der Waals surface area contributed by atoms with Crippen LogP contribution in [0.25, 0.3) is 10.9 Å². The molecule has 0 aliphatic heterocycles. The van der Waals surface area contributed by atoms with Crippen LogP contribution >= 0.6 is 0 Å². The van der Waals surface area contributed by atoms with E-state index in [-0.39, 0.29) is 29.9 Å². The predicted molar refractivity (Wildman–Crippen MR) is 115 cm³/mol. The number of ether oxygens (including phenoxy) is 1. The van der Waals surface area contributed by atoms with Gasteiger partial charge in [0.25, 0.3) is 11.5 Å². The lowest BCUT2D eigenvalue weighted by Crippen LogP contribution is -2.35. The zero-order chi connectivity index (χ0) is 22.5. The molecule has 31 heavy (non-hydrogen) atoms. The van der Waals surface area contributed by atoms with Gasteiger partial charge in [0.2, 0.25) is 0 Å². The third-order valence-electron chi connectivity index (χ3n) is 4.71. The highest BCUT2D eigenvalue weighted by atomic mass is 16.5. The maximum atomic E-state index is 12.8. The Morgan fingerprint density at radius 3 is 2.55 bits per heavy atom. The second-order valence-electron chi connectivity index (χ2n) is 6.83. The van der Waals surface area contributed by atoms with Gasteiger partial charge in [-0.15, -0.1) is 0 Å². The Labute approximate surface area is 176 Å². The first-order chi connectivity index (χ1) is 14.8. The largest absolute Gasteiger partial charge is 0.497 e. The Balaban J connectivity index is 1.90. The number of benzene rings is 2. The van der Waals surface area contributed by atoms with E-state index >= 15 is 0 Å². The van der Waals surface area contributed by atoms with E-state index in [1.165, 1.54) is 12.1 Å². The highest BCUT2D eigenvalue weighted by Crippen LogP contribution is 2.16. The van der Waals surface area contributed by atoms with Gasteiger partial charge in [0, 0.05) is 24.7 Å². The fraction of sp³-hybridized carbons (Fsp3) is 0.182. The monoisotopic (exact) mass is 423 g/mol. The van der Waals surface area contributed by atoms with Gasteiger partial charge < -0.3 is 20.1 Å². The number of carbonyl (C=O) groups is 2. The van der Waals surface area contributed by atoms with Gasteiger partial charge >= 0.3 is 11.7 Å². The maximum absolute atomic E-state index is 12.8. The number of amides is 1. The van der Waals surface area contributed by atoms with Crippen molar-refractivity contribution in [2.45, 2.75) is 20.0 Å². The van der Waals surface area contributed by atoms with Gasteiger partial charge in [0.05, 0.1) is 18.0 Å². The molecule has 0 spiro atoms. The average Bonchev–Trinajstić information content (AvgIpc) is 2.75. The maximum Gasteiger partial charge on any atom is 0.329 e. The normalized spacial score (nSPS) is 11.0. The van der Waals surface area contributed by atoms with Crippen molar-refractivity contribution in [3.63, 3.8) is 0 Å². The Bertz CT molecular complexity index is 1290. The summed E-state index contributed by atoms with van der Waals surface area (Å²) in [4.78, 5) is 51.0. The lowest BCUT2D eigenvalue weighted by atomic mass is 10.1. The van der Waals surface area contributed by atoms with Gasteiger partial charge in [-0.1, -0.05) is 18.2 Å². The highest BCUT2D eigenvalue weighted by molar-refractivity contribution is 5.98. The first-order valence-electron chi connectivity index (χ1n) is 9.38. The molecule has 0 fully saturated rings. The molecule has 0 radical (unpaired) electrons. The molecule has 9 nitrogen and oxygen atoms in total. The number of methoxy groups -OCH3 is 1. The number of hydrogen-bond donors (Lipinski definition) is 3. The molecule has 1 heterocycles. The van der Waals surface area contributed by atoms with Crippen molar-refractivity contribution in [2.24, 2.45) is 0 Å². The van der Waals surface area contributed by atoms with Crippen LogP contribution in [-0.2, 0) is 17.9 Å². The van der Waals surface area contributed by atoms with Crippen LogP contribution in [0.3, 0.4) is 0 Å². The number of hydrogen-bond acceptors (Lipinski definition) is 5. The third kappa shape index (κ3) is 4.89. The highest BCUT2D eigenvalue weighted by Gasteiger charge is 2.14. The van der Waals surface area contributed by atoms with Crippen LogP contribution in [0.4, 0.5) is 0 Å². The number of H-pyrrole nitrogens is 1. The molecule has 0 bridgehead atoms. The van der Waals surface area contributed by atoms with Crippen molar-refractivity contribution in [3.05, 3.63) is 86.1 Å². The number of allylic oxidation sites excluding steroid dienone is 1. The zero-order valence-corrected chi connectivity index (χ0v) is 17.0. The minimum absolute atomic E-state index is 0.165. The van der Waals surface area contributed by atoms with Crippen molar-refractivity contribution in [1.82, 2.24) is 14.9 Å². The Morgan fingerprint density at radius 1 is 1.19 bits per heavy atom. The van der Waals surface area contributed by atoms with Crippen LogP contribution in [0.1, 0.15) is 21.5 Å². The van der Waals surface area contributed by atoms with Crippen LogP contribution in [0, 0.1) is 6.92 Å². The van der Waals surface area contributed by atoms with Crippen molar-refractivity contribution >= 4 is 22.8 Å². The quantitative estimate of drug-likeness (QED) is 0.495. The number of carbonyl (C=O) groups excluding carboxylic acids is 1. The van der Waals surface area contributed by atoms with E-state index < -0.39 is 17.2 Å². The third-order valence-corrected chi connectivity index (χ3v) is 4.71. The molecule has 160 valence electrons. The minimum Gasteiger partial charge on any atom is -0.497 e. The van der Waals surface area contributed by atoms with Crippen molar-refractivity contribution in [3.8, 4) is 5.75 Å². The first kappa shape index (κ1) is 21.6. The first-order valence-corrected chi connectivity index (χ1v) is 9.38. The molecule has 0 aliphatic rings. The van der Waals surface area contributed by atoms with E-state index in [0.29, 0.717) is 16.8 Å². The number of fused-ring (bicyclic) bond motifs is 1. The number of carboxylic acid groups (broad SMARTS) is 1. The molecule has 3 rings (SSSR count). The SMILES string of the molecule is COc1ccc(CNC(=O)c2cc(C)c3[nH]c(=O)n(CC=CC(=O)O)c(=O)c3c2)cc1. The van der Waals surface area contributed by atoms with Crippen LogP contribution in [0.5, 0.6) is 5.75 Å². The van der Waals surface area contributed by atoms with Gasteiger partial charge in [0.1, 0.15) is 5.75 Å². The molecule has 3 aromatic rings. The van der Waals surface area contributed by atoms with E-state index in [9.17, 15) is 19.2 Å². The zero-order valence-electron chi connectivity index (χ0n) is 17.0. The lowest BCUT2D eigenvalue weighted by molar-refractivity contribution is -0.131. The van der Waals surface area contributed by atoms with E-state index in [0.717, 1.165) is 16.2 Å². The number of nitrogens with one attached hydrogen (secondary N) is 2. The number of nitrogens with zero attached hydrogens (tertiary/aromatic N) is 1. The predicted octanol–water partition coefficient (Wildman–Crippen LogP) is 1.58. The van der Waals surface area contributed by atoms with Crippen molar-refractivity contribution in [1.29, 1.82) is 0 Å². The second-order valence-corrected chi connectivity index (χ2v) is 6.83. The van der Waals surface area contributed by atoms with E-state index in [1.807, 2.05) is 12.1 Å². The number of carboxylic acids is 1. The number of aromatic amines is 1. The van der Waals surface area contributed by atoms with Crippen LogP contribution in [-0.4, -0.2) is 33.6 Å². The summed E-state index contributed by atoms with van der Waals surface area (Å²) in [6.45, 7) is 1.77. The summed E-state index contributed by atoms with van der Waals surface area (Å²) in [7, 11) is 1.57. The van der Waals surface area contributed by atoms with Gasteiger partial charge in [-0.25, -0.2) is 9.59 Å². The molecule has 1 amide bonds. The van der Waals surface area contributed by atoms with Crippen LogP contribution in [0.15, 0.2) is 58.1 Å². The second kappa shape index (κ2) is 9.12. The number of aryl methyl sites for hydroxylation is 1. The fourth-order valence-electron chi connectivity index (χ4n) is 3.12. The Hall–Kier alpha value is -4.14. The summed E-state index contributed by atoms with van der Waals surface area (Å²) in [6.07, 6.45) is 2.05. The molecule has 9 heteroatoms. The lowest BCUT2D eigenvalue weighted by Gasteiger charge is -2.10. The van der Waals surface area contributed by atoms with Gasteiger partial charge in [0.15, 0.2) is 0 Å². The van der Waals surface area contributed by atoms with E-state index in [1.54, 1.807) is 32.2 Å². The number of aliphatic carboxylic acids is 1. The molecule has 0 saturated carbocycles. The summed E-state index contributed by atoms with van der Waals surface area (Å²) in [5.74, 6) is -0.843. The number of rotatable bonds is 7. The molecule has 3 N–H and O–H groups in total. The molecular weight excluding hydrogens is 402 g/mol. The van der Waals surface area contributed by atoms with Crippen molar-refractivity contribution in [2.75, 3.05) is 7.11 Å². The summed E-state index contributed by atoms with van der Waals surface area (Å²) in [5.41, 5.74) is 0.780. The summed E-state index contributed by atoms with van der Waals surface area (Å²) < 4.78 is 5.98. The topological polar surface area (TPSA) is 130 Å². The summed E-state index contributed by atoms with van der Waals surface area (Å²) in [6, 6.07) is 10.3. The Morgan fingerprint density at radius 2 is 1.90 bits per heavy atom. The molecule has 1 aromatic heterocycles. The van der Waals surface area contributed by atoms with Gasteiger partial charge in [-0.2, -0.15) is 0 Å². The smallest absolute Gasteiger partial charge is 0.329 e. The molecule has 0 atom stereocenters. The van der Waals surface area contributed by atoms with Crippen LogP contribution in [0.2, 0.25) is 0 Å². The van der Waals surface area contributed by atoms with Crippen LogP contribution < -0.4 is 21.3 Å².